The Morgan fingerprint density at radius 2 is 1.59 bits per heavy atom. The summed E-state index contributed by atoms with van der Waals surface area (Å²) in [5, 5.41) is 0. The third kappa shape index (κ3) is 2.37. The van der Waals surface area contributed by atoms with Crippen LogP contribution in [0.15, 0.2) is 24.3 Å². The molecule has 4 saturated carbocycles. The second-order valence-electron chi connectivity index (χ2n) is 7.60. The Bertz CT molecular complexity index is 552. The molecule has 0 saturated heterocycles. The summed E-state index contributed by atoms with van der Waals surface area (Å²) in [6.07, 6.45) is 8.12. The first-order valence-corrected chi connectivity index (χ1v) is 8.38. The van der Waals surface area contributed by atoms with E-state index in [4.69, 9.17) is 4.74 Å². The van der Waals surface area contributed by atoms with Crippen LogP contribution in [-0.2, 0) is 4.79 Å². The minimum Gasteiger partial charge on any atom is -0.486 e. The van der Waals surface area contributed by atoms with Crippen molar-refractivity contribution in [1.29, 1.82) is 0 Å². The van der Waals surface area contributed by atoms with Gasteiger partial charge in [0.2, 0.25) is 0 Å². The van der Waals surface area contributed by atoms with Crippen molar-refractivity contribution in [1.82, 2.24) is 0 Å². The van der Waals surface area contributed by atoms with Gasteiger partial charge in [-0.1, -0.05) is 0 Å². The average Bonchev–Trinajstić information content (AvgIpc) is 2.51. The second-order valence-corrected chi connectivity index (χ2v) is 7.60. The highest BCUT2D eigenvalue weighted by Crippen LogP contribution is 2.60. The second kappa shape index (κ2) is 5.22. The molecule has 0 amide bonds. The fourth-order valence-electron chi connectivity index (χ4n) is 5.40. The average molecular weight is 298 g/mol. The van der Waals surface area contributed by atoms with Crippen LogP contribution in [0.4, 0.5) is 0 Å². The molecule has 3 heteroatoms. The van der Waals surface area contributed by atoms with Crippen molar-refractivity contribution in [3.63, 3.8) is 0 Å². The van der Waals surface area contributed by atoms with Crippen LogP contribution in [0, 0.1) is 23.2 Å². The Morgan fingerprint density at radius 1 is 1.05 bits per heavy atom. The van der Waals surface area contributed by atoms with Crippen molar-refractivity contribution in [2.45, 2.75) is 38.5 Å². The lowest BCUT2D eigenvalue weighted by atomic mass is 9.48. The fourth-order valence-corrected chi connectivity index (χ4v) is 5.40. The third-order valence-electron chi connectivity index (χ3n) is 6.02. The lowest BCUT2D eigenvalue weighted by Gasteiger charge is -2.55. The van der Waals surface area contributed by atoms with Crippen molar-refractivity contribution >= 4 is 12.1 Å². The van der Waals surface area contributed by atoms with Gasteiger partial charge in [-0.3, -0.25) is 9.59 Å². The van der Waals surface area contributed by atoms with E-state index in [0.717, 1.165) is 43.3 Å². The minimum atomic E-state index is -0.0858. The lowest BCUT2D eigenvalue weighted by molar-refractivity contribution is -0.145. The number of ketones is 1. The molecule has 4 aliphatic carbocycles. The smallest absolute Gasteiger partial charge is 0.176 e. The van der Waals surface area contributed by atoms with E-state index in [1.165, 1.54) is 19.3 Å². The number of carbonyl (C=O) groups is 2. The summed E-state index contributed by atoms with van der Waals surface area (Å²) in [6, 6.07) is 6.96. The predicted octanol–water partition coefficient (Wildman–Crippen LogP) is 3.66. The van der Waals surface area contributed by atoms with E-state index < -0.39 is 0 Å². The van der Waals surface area contributed by atoms with Crippen molar-refractivity contribution in [2.75, 3.05) is 6.61 Å². The summed E-state index contributed by atoms with van der Waals surface area (Å²) in [4.78, 5) is 23.5. The number of aldehydes is 1. The molecule has 4 bridgehead atoms. The molecule has 5 rings (SSSR count). The first kappa shape index (κ1) is 14.0. The van der Waals surface area contributed by atoms with Crippen LogP contribution in [0.5, 0.6) is 5.75 Å². The Morgan fingerprint density at radius 3 is 2.09 bits per heavy atom. The summed E-state index contributed by atoms with van der Waals surface area (Å²) in [7, 11) is 0. The monoisotopic (exact) mass is 298 g/mol. The highest BCUT2D eigenvalue weighted by atomic mass is 16.5. The molecule has 4 fully saturated rings. The largest absolute Gasteiger partial charge is 0.486 e. The van der Waals surface area contributed by atoms with Crippen LogP contribution < -0.4 is 4.74 Å². The molecule has 0 aliphatic heterocycles. The topological polar surface area (TPSA) is 43.4 Å². The van der Waals surface area contributed by atoms with Gasteiger partial charge in [-0.2, -0.15) is 0 Å². The summed E-state index contributed by atoms with van der Waals surface area (Å²) in [5.74, 6) is 3.31. The van der Waals surface area contributed by atoms with Crippen LogP contribution >= 0.6 is 0 Å². The number of hydrogen-bond acceptors (Lipinski definition) is 3. The van der Waals surface area contributed by atoms with Crippen molar-refractivity contribution in [3.05, 3.63) is 29.8 Å². The molecular weight excluding hydrogens is 276 g/mol. The van der Waals surface area contributed by atoms with Crippen molar-refractivity contribution in [3.8, 4) is 5.75 Å². The number of rotatable bonds is 5. The molecule has 0 atom stereocenters. The zero-order chi connectivity index (χ0) is 15.2. The number of hydrogen-bond donors (Lipinski definition) is 0. The maximum Gasteiger partial charge on any atom is 0.176 e. The number of carbonyl (C=O) groups excluding carboxylic acids is 2. The first-order chi connectivity index (χ1) is 10.7. The molecule has 0 radical (unpaired) electrons. The van der Waals surface area contributed by atoms with Crippen LogP contribution in [0.1, 0.15) is 48.9 Å². The van der Waals surface area contributed by atoms with Gasteiger partial charge in [0.15, 0.2) is 5.78 Å². The molecule has 0 spiro atoms. The van der Waals surface area contributed by atoms with Crippen molar-refractivity contribution in [2.24, 2.45) is 23.2 Å². The summed E-state index contributed by atoms with van der Waals surface area (Å²) >= 11 is 0. The molecule has 0 N–H and O–H groups in total. The number of ether oxygens (including phenoxy) is 1. The molecule has 1 aromatic rings. The molecule has 0 aromatic heterocycles. The lowest BCUT2D eigenvalue weighted by Crippen LogP contribution is -2.51. The number of benzene rings is 1. The Hall–Kier alpha value is -1.64. The quantitative estimate of drug-likeness (QED) is 0.779. The van der Waals surface area contributed by atoms with E-state index in [-0.39, 0.29) is 12.0 Å². The first-order valence-electron chi connectivity index (χ1n) is 8.38. The number of Topliss-reactive ketones (excluding diaryl/α,β-unsaturated/α-hetero) is 1. The third-order valence-corrected chi connectivity index (χ3v) is 6.02. The van der Waals surface area contributed by atoms with Crippen LogP contribution in [0.2, 0.25) is 0 Å². The van der Waals surface area contributed by atoms with E-state index in [0.29, 0.717) is 17.1 Å². The summed E-state index contributed by atoms with van der Waals surface area (Å²) < 4.78 is 5.69. The van der Waals surface area contributed by atoms with Crippen LogP contribution in [0.25, 0.3) is 0 Å². The standard InChI is InChI=1S/C19H22O3/c20-11-13-1-3-17(4-2-13)22-12-18(21)19-8-14-5-15(9-19)7-16(6-14)10-19/h1-4,11,14-16H,5-10,12H2. The van der Waals surface area contributed by atoms with Gasteiger partial charge in [0.05, 0.1) is 0 Å². The molecule has 22 heavy (non-hydrogen) atoms. The van der Waals surface area contributed by atoms with Gasteiger partial charge in [0.1, 0.15) is 18.6 Å². The minimum absolute atomic E-state index is 0.0858. The van der Waals surface area contributed by atoms with E-state index >= 15 is 0 Å². The van der Waals surface area contributed by atoms with Crippen LogP contribution in [-0.4, -0.2) is 18.7 Å². The van der Waals surface area contributed by atoms with Crippen molar-refractivity contribution < 1.29 is 14.3 Å². The molecule has 116 valence electrons. The van der Waals surface area contributed by atoms with Gasteiger partial charge in [-0.05, 0) is 80.5 Å². The highest BCUT2D eigenvalue weighted by molar-refractivity contribution is 5.86. The van der Waals surface area contributed by atoms with Gasteiger partial charge >= 0.3 is 0 Å². The predicted molar refractivity (Wildman–Crippen MR) is 82.9 cm³/mol. The van der Waals surface area contributed by atoms with E-state index in [2.05, 4.69) is 0 Å². The molecule has 0 unspecified atom stereocenters. The molecule has 0 heterocycles. The Labute approximate surface area is 131 Å². The molecule has 4 aliphatic rings. The van der Waals surface area contributed by atoms with Gasteiger partial charge < -0.3 is 4.74 Å². The SMILES string of the molecule is O=Cc1ccc(OCC(=O)C23CC4CC(CC(C4)C2)C3)cc1. The fraction of sp³-hybridized carbons (Fsp3) is 0.579. The zero-order valence-corrected chi connectivity index (χ0v) is 12.8. The van der Waals surface area contributed by atoms with E-state index in [1.807, 2.05) is 0 Å². The van der Waals surface area contributed by atoms with Gasteiger partial charge in [0.25, 0.3) is 0 Å². The molecule has 3 nitrogen and oxygen atoms in total. The molecular formula is C19H22O3. The highest BCUT2D eigenvalue weighted by Gasteiger charge is 2.54. The maximum absolute atomic E-state index is 12.8. The van der Waals surface area contributed by atoms with Gasteiger partial charge in [-0.15, -0.1) is 0 Å². The van der Waals surface area contributed by atoms with Crippen LogP contribution in [0.3, 0.4) is 0 Å². The Kier molecular flexibility index (Phi) is 3.32. The van der Waals surface area contributed by atoms with E-state index in [1.54, 1.807) is 24.3 Å². The normalized spacial score (nSPS) is 35.4. The summed E-state index contributed by atoms with van der Waals surface area (Å²) in [5.41, 5.74) is 0.539. The van der Waals surface area contributed by atoms with Gasteiger partial charge in [0, 0.05) is 11.0 Å². The van der Waals surface area contributed by atoms with Gasteiger partial charge in [-0.25, -0.2) is 0 Å². The summed E-state index contributed by atoms with van der Waals surface area (Å²) in [6.45, 7) is 0.173. The zero-order valence-electron chi connectivity index (χ0n) is 12.8. The Balaban J connectivity index is 1.42. The maximum atomic E-state index is 12.8. The molecule has 1 aromatic carbocycles. The van der Waals surface area contributed by atoms with E-state index in [9.17, 15) is 9.59 Å².